The van der Waals surface area contributed by atoms with Crippen LogP contribution in [-0.4, -0.2) is 41.4 Å². The average molecular weight is 604 g/mol. The number of thiazole rings is 1. The summed E-state index contributed by atoms with van der Waals surface area (Å²) in [5, 5.41) is 8.39. The van der Waals surface area contributed by atoms with E-state index in [9.17, 15) is 4.79 Å². The van der Waals surface area contributed by atoms with Crippen molar-refractivity contribution in [2.24, 2.45) is 0 Å². The molecule has 42 heavy (non-hydrogen) atoms. The molecular formula is C33H34ClN3O4S. The third-order valence-corrected chi connectivity index (χ3v) is 10.2. The fourth-order valence-corrected chi connectivity index (χ4v) is 8.01. The van der Waals surface area contributed by atoms with E-state index >= 15 is 0 Å². The van der Waals surface area contributed by atoms with Crippen molar-refractivity contribution in [1.29, 1.82) is 0 Å². The number of anilines is 1. The molecule has 7 nitrogen and oxygen atoms in total. The Bertz CT molecular complexity index is 1610. The smallest absolute Gasteiger partial charge is 0.337 e. The zero-order valence-electron chi connectivity index (χ0n) is 24.1. The molecule has 2 aromatic heterocycles. The van der Waals surface area contributed by atoms with Gasteiger partial charge in [-0.25, -0.2) is 9.78 Å². The minimum Gasteiger partial charge on any atom is -0.465 e. The lowest BCUT2D eigenvalue weighted by atomic mass is 9.99. The van der Waals surface area contributed by atoms with E-state index in [1.165, 1.54) is 7.11 Å². The number of nitrogens with zero attached hydrogens (tertiary/aromatic N) is 3. The van der Waals surface area contributed by atoms with Crippen LogP contribution in [0.5, 0.6) is 0 Å². The lowest BCUT2D eigenvalue weighted by Gasteiger charge is -2.38. The number of esters is 1. The summed E-state index contributed by atoms with van der Waals surface area (Å²) in [5.41, 5.74) is 7.47. The van der Waals surface area contributed by atoms with Crippen LogP contribution in [0, 0.1) is 13.8 Å². The van der Waals surface area contributed by atoms with E-state index in [1.807, 2.05) is 37.3 Å². The maximum Gasteiger partial charge on any atom is 0.337 e. The molecule has 0 spiro atoms. The molecule has 3 atom stereocenters. The Morgan fingerprint density at radius 1 is 1.10 bits per heavy atom. The Morgan fingerprint density at radius 2 is 1.88 bits per heavy atom. The van der Waals surface area contributed by atoms with Gasteiger partial charge in [0.25, 0.3) is 0 Å². The van der Waals surface area contributed by atoms with E-state index in [4.69, 9.17) is 30.6 Å². The number of ether oxygens (including phenoxy) is 2. The maximum atomic E-state index is 11.9. The van der Waals surface area contributed by atoms with E-state index in [0.717, 1.165) is 88.6 Å². The lowest BCUT2D eigenvalue weighted by Crippen LogP contribution is -2.45. The van der Waals surface area contributed by atoms with Gasteiger partial charge in [-0.15, -0.1) is 11.3 Å². The highest BCUT2D eigenvalue weighted by atomic mass is 35.5. The molecule has 0 radical (unpaired) electrons. The van der Waals surface area contributed by atoms with Gasteiger partial charge in [-0.2, -0.15) is 0 Å². The van der Waals surface area contributed by atoms with E-state index in [2.05, 4.69) is 28.4 Å². The summed E-state index contributed by atoms with van der Waals surface area (Å²) in [6, 6.07) is 12.4. The molecule has 1 unspecified atom stereocenters. The standard InChI is InChI=1S/C33H34ClN3O4S/c1-18-5-4-6-27(34)29(18)30-26(31(41-36-30)20-7-8-20)16-40-24-14-22-10-11-23(15-24)37(22)33-35-28(17-42-33)25-12-9-21(13-19(25)2)32(38)39-3/h4-6,9,12-13,17,20,22-24H,7-8,10-11,14-16H2,1-3H3/t22-,23+,24?. The van der Waals surface area contributed by atoms with Crippen molar-refractivity contribution in [2.45, 2.75) is 83.1 Å². The first-order chi connectivity index (χ1) is 20.4. The molecule has 7 rings (SSSR count). The summed E-state index contributed by atoms with van der Waals surface area (Å²) in [7, 11) is 1.40. The summed E-state index contributed by atoms with van der Waals surface area (Å²) in [4.78, 5) is 19.5. The first kappa shape index (κ1) is 27.6. The van der Waals surface area contributed by atoms with Crippen LogP contribution in [0.1, 0.15) is 77.3 Å². The zero-order valence-corrected chi connectivity index (χ0v) is 25.6. The van der Waals surface area contributed by atoms with Gasteiger partial charge in [0.2, 0.25) is 0 Å². The Morgan fingerprint density at radius 3 is 2.57 bits per heavy atom. The number of halogens is 1. The number of hydrogen-bond acceptors (Lipinski definition) is 8. The summed E-state index contributed by atoms with van der Waals surface area (Å²) in [6.45, 7) is 4.56. The molecule has 2 saturated heterocycles. The van der Waals surface area contributed by atoms with Gasteiger partial charge in [-0.1, -0.05) is 35.0 Å². The van der Waals surface area contributed by atoms with Crippen LogP contribution < -0.4 is 4.90 Å². The summed E-state index contributed by atoms with van der Waals surface area (Å²) < 4.78 is 17.4. The Labute approximate surface area is 254 Å². The summed E-state index contributed by atoms with van der Waals surface area (Å²) in [6.07, 6.45) is 6.69. The lowest BCUT2D eigenvalue weighted by molar-refractivity contribution is 0.0147. The second-order valence-corrected chi connectivity index (χ2v) is 13.1. The van der Waals surface area contributed by atoms with Crippen molar-refractivity contribution in [1.82, 2.24) is 10.1 Å². The number of hydrogen-bond donors (Lipinski definition) is 0. The Balaban J connectivity index is 1.06. The van der Waals surface area contributed by atoms with Crippen molar-refractivity contribution in [3.63, 3.8) is 0 Å². The topological polar surface area (TPSA) is 77.7 Å². The molecular weight excluding hydrogens is 570 g/mol. The van der Waals surface area contributed by atoms with Gasteiger partial charge < -0.3 is 18.9 Å². The molecule has 3 aliphatic rings. The fraction of sp³-hybridized carbons (Fsp3) is 0.424. The number of carbonyl (C=O) groups is 1. The predicted molar refractivity (Wildman–Crippen MR) is 164 cm³/mol. The Kier molecular flexibility index (Phi) is 7.32. The Hall–Kier alpha value is -3.20. The fourth-order valence-electron chi connectivity index (χ4n) is 6.74. The molecule has 1 aliphatic carbocycles. The number of methoxy groups -OCH3 is 1. The number of rotatable bonds is 8. The van der Waals surface area contributed by atoms with Crippen LogP contribution in [-0.2, 0) is 16.1 Å². The number of aromatic nitrogens is 2. The van der Waals surface area contributed by atoms with Gasteiger partial charge in [0, 0.05) is 40.1 Å². The molecule has 2 aromatic carbocycles. The molecule has 2 aliphatic heterocycles. The number of piperidine rings is 1. The SMILES string of the molecule is COC(=O)c1ccc(-c2csc(N3[C@@H]4CC[C@H]3CC(OCc3c(-c5c(C)cccc5Cl)noc3C3CC3)C4)n2)c(C)c1. The van der Waals surface area contributed by atoms with Crippen molar-refractivity contribution in [3.05, 3.63) is 74.8 Å². The molecule has 9 heteroatoms. The maximum absolute atomic E-state index is 11.9. The normalized spacial score (nSPS) is 21.6. The van der Waals surface area contributed by atoms with Gasteiger partial charge in [0.1, 0.15) is 11.5 Å². The first-order valence-electron chi connectivity index (χ1n) is 14.7. The molecule has 0 N–H and O–H groups in total. The predicted octanol–water partition coefficient (Wildman–Crippen LogP) is 8.12. The molecule has 4 aromatic rings. The molecule has 218 valence electrons. The minimum absolute atomic E-state index is 0.174. The summed E-state index contributed by atoms with van der Waals surface area (Å²) in [5.74, 6) is 1.08. The van der Waals surface area contributed by atoms with Gasteiger partial charge >= 0.3 is 5.97 Å². The van der Waals surface area contributed by atoms with E-state index in [0.29, 0.717) is 35.2 Å². The van der Waals surface area contributed by atoms with Crippen LogP contribution in [0.25, 0.3) is 22.5 Å². The zero-order chi connectivity index (χ0) is 29.0. The number of aryl methyl sites for hydroxylation is 2. The van der Waals surface area contributed by atoms with Crippen molar-refractivity contribution in [2.75, 3.05) is 12.0 Å². The monoisotopic (exact) mass is 603 g/mol. The first-order valence-corrected chi connectivity index (χ1v) is 16.0. The van der Waals surface area contributed by atoms with Gasteiger partial charge in [0.15, 0.2) is 5.13 Å². The van der Waals surface area contributed by atoms with Crippen LogP contribution in [0.4, 0.5) is 5.13 Å². The molecule has 2 bridgehead atoms. The third kappa shape index (κ3) is 5.03. The molecule has 4 heterocycles. The molecule has 3 fully saturated rings. The van der Waals surface area contributed by atoms with Crippen LogP contribution >= 0.6 is 22.9 Å². The highest BCUT2D eigenvalue weighted by Gasteiger charge is 2.43. The van der Waals surface area contributed by atoms with Crippen LogP contribution in [0.2, 0.25) is 5.02 Å². The van der Waals surface area contributed by atoms with Gasteiger partial charge in [-0.3, -0.25) is 0 Å². The largest absolute Gasteiger partial charge is 0.465 e. The van der Waals surface area contributed by atoms with Crippen molar-refractivity contribution < 1.29 is 18.8 Å². The van der Waals surface area contributed by atoms with Crippen molar-refractivity contribution in [3.8, 4) is 22.5 Å². The highest BCUT2D eigenvalue weighted by Crippen LogP contribution is 2.47. The number of fused-ring (bicyclic) bond motifs is 2. The van der Waals surface area contributed by atoms with E-state index in [-0.39, 0.29) is 12.1 Å². The van der Waals surface area contributed by atoms with Gasteiger partial charge in [0.05, 0.1) is 36.1 Å². The second-order valence-electron chi connectivity index (χ2n) is 11.8. The molecule has 0 amide bonds. The quantitative estimate of drug-likeness (QED) is 0.188. The van der Waals surface area contributed by atoms with Crippen LogP contribution in [0.15, 0.2) is 46.3 Å². The second kappa shape index (κ2) is 11.1. The van der Waals surface area contributed by atoms with Gasteiger partial charge in [-0.05, 0) is 81.7 Å². The average Bonchev–Trinajstić information content (AvgIpc) is 3.46. The number of carbonyl (C=O) groups excluding carboxylic acids is 1. The third-order valence-electron chi connectivity index (χ3n) is 9.02. The van der Waals surface area contributed by atoms with E-state index in [1.54, 1.807) is 11.3 Å². The van der Waals surface area contributed by atoms with Crippen LogP contribution in [0.3, 0.4) is 0 Å². The van der Waals surface area contributed by atoms with E-state index < -0.39 is 0 Å². The highest BCUT2D eigenvalue weighted by molar-refractivity contribution is 7.14. The van der Waals surface area contributed by atoms with Crippen molar-refractivity contribution >= 4 is 34.0 Å². The minimum atomic E-state index is -0.326. The summed E-state index contributed by atoms with van der Waals surface area (Å²) >= 11 is 8.33. The number of benzene rings is 2. The molecule has 1 saturated carbocycles.